The molecule has 0 amide bonds. The second kappa shape index (κ2) is 5.84. The van der Waals surface area contributed by atoms with Crippen LogP contribution in [-0.4, -0.2) is 12.6 Å². The highest BCUT2D eigenvalue weighted by atomic mass is 16.5. The van der Waals surface area contributed by atoms with Crippen molar-refractivity contribution in [3.05, 3.63) is 11.6 Å². The molecule has 2 heteroatoms. The minimum atomic E-state index is -0.140. The maximum atomic E-state index is 11.4. The molecule has 0 N–H and O–H groups in total. The molecule has 1 fully saturated rings. The first-order chi connectivity index (χ1) is 6.74. The SMILES string of the molecule is CCCOC(=O)C(C)=CC1CCCC1. The molecule has 0 aliphatic heterocycles. The minimum Gasteiger partial charge on any atom is -0.462 e. The van der Waals surface area contributed by atoms with Crippen molar-refractivity contribution >= 4 is 5.97 Å². The largest absolute Gasteiger partial charge is 0.462 e. The molecule has 0 aromatic heterocycles. The first kappa shape index (κ1) is 11.3. The molecule has 2 nitrogen and oxygen atoms in total. The summed E-state index contributed by atoms with van der Waals surface area (Å²) in [6.07, 6.45) is 8.06. The Balaban J connectivity index is 2.37. The summed E-state index contributed by atoms with van der Waals surface area (Å²) in [4.78, 5) is 11.4. The number of hydrogen-bond acceptors (Lipinski definition) is 2. The van der Waals surface area contributed by atoms with Crippen molar-refractivity contribution < 1.29 is 9.53 Å². The molecule has 1 rings (SSSR count). The smallest absolute Gasteiger partial charge is 0.333 e. The summed E-state index contributed by atoms with van der Waals surface area (Å²) in [7, 11) is 0. The lowest BCUT2D eigenvalue weighted by atomic mass is 10.1. The summed E-state index contributed by atoms with van der Waals surface area (Å²) >= 11 is 0. The van der Waals surface area contributed by atoms with Gasteiger partial charge in [0.15, 0.2) is 0 Å². The molecule has 1 aliphatic carbocycles. The molecular weight excluding hydrogens is 176 g/mol. The van der Waals surface area contributed by atoms with Gasteiger partial charge >= 0.3 is 5.97 Å². The Hall–Kier alpha value is -0.790. The molecule has 0 saturated heterocycles. The van der Waals surface area contributed by atoms with Crippen molar-refractivity contribution in [1.82, 2.24) is 0 Å². The van der Waals surface area contributed by atoms with Crippen LogP contribution in [0.2, 0.25) is 0 Å². The van der Waals surface area contributed by atoms with Crippen molar-refractivity contribution in [2.45, 2.75) is 46.0 Å². The summed E-state index contributed by atoms with van der Waals surface area (Å²) < 4.78 is 5.06. The molecule has 0 aromatic carbocycles. The van der Waals surface area contributed by atoms with Crippen LogP contribution in [0.25, 0.3) is 0 Å². The van der Waals surface area contributed by atoms with Gasteiger partial charge in [0, 0.05) is 5.57 Å². The first-order valence-corrected chi connectivity index (χ1v) is 5.59. The van der Waals surface area contributed by atoms with Crippen molar-refractivity contribution in [3.63, 3.8) is 0 Å². The minimum absolute atomic E-state index is 0.140. The average molecular weight is 196 g/mol. The lowest BCUT2D eigenvalue weighted by Crippen LogP contribution is -2.07. The number of allylic oxidation sites excluding steroid dienone is 1. The van der Waals surface area contributed by atoms with Crippen LogP contribution in [0.1, 0.15) is 46.0 Å². The Labute approximate surface area is 86.3 Å². The van der Waals surface area contributed by atoms with Crippen molar-refractivity contribution in [2.75, 3.05) is 6.61 Å². The molecule has 0 radical (unpaired) electrons. The molecule has 1 aliphatic rings. The van der Waals surface area contributed by atoms with Crippen LogP contribution in [-0.2, 0) is 9.53 Å². The molecule has 0 aromatic rings. The molecule has 80 valence electrons. The van der Waals surface area contributed by atoms with Gasteiger partial charge in [-0.3, -0.25) is 0 Å². The Bertz CT molecular complexity index is 212. The fourth-order valence-electron chi connectivity index (χ4n) is 1.85. The average Bonchev–Trinajstić information content (AvgIpc) is 2.66. The van der Waals surface area contributed by atoms with Crippen molar-refractivity contribution in [2.24, 2.45) is 5.92 Å². The van der Waals surface area contributed by atoms with Crippen molar-refractivity contribution in [3.8, 4) is 0 Å². The van der Waals surface area contributed by atoms with E-state index in [1.165, 1.54) is 25.7 Å². The van der Waals surface area contributed by atoms with E-state index < -0.39 is 0 Å². The number of rotatable bonds is 4. The Kier molecular flexibility index (Phi) is 4.71. The van der Waals surface area contributed by atoms with Gasteiger partial charge in [-0.2, -0.15) is 0 Å². The molecule has 0 bridgehead atoms. The van der Waals surface area contributed by atoms with E-state index in [0.29, 0.717) is 12.5 Å². The maximum absolute atomic E-state index is 11.4. The topological polar surface area (TPSA) is 26.3 Å². The third kappa shape index (κ3) is 3.52. The molecule has 14 heavy (non-hydrogen) atoms. The predicted molar refractivity (Wildman–Crippen MR) is 57.0 cm³/mol. The molecule has 1 saturated carbocycles. The second-order valence-electron chi connectivity index (χ2n) is 4.03. The zero-order valence-corrected chi connectivity index (χ0v) is 9.21. The normalized spacial score (nSPS) is 18.6. The fourth-order valence-corrected chi connectivity index (χ4v) is 1.85. The van der Waals surface area contributed by atoms with E-state index in [1.807, 2.05) is 13.8 Å². The van der Waals surface area contributed by atoms with Crippen LogP contribution in [0.5, 0.6) is 0 Å². The third-order valence-electron chi connectivity index (χ3n) is 2.64. The lowest BCUT2D eigenvalue weighted by molar-refractivity contribution is -0.139. The van der Waals surface area contributed by atoms with Crippen LogP contribution in [0.3, 0.4) is 0 Å². The molecule has 0 unspecified atom stereocenters. The summed E-state index contributed by atoms with van der Waals surface area (Å²) in [6, 6.07) is 0. The number of hydrogen-bond donors (Lipinski definition) is 0. The number of ether oxygens (including phenoxy) is 1. The van der Waals surface area contributed by atoms with E-state index in [0.717, 1.165) is 12.0 Å². The van der Waals surface area contributed by atoms with Crippen LogP contribution in [0.15, 0.2) is 11.6 Å². The van der Waals surface area contributed by atoms with E-state index in [-0.39, 0.29) is 5.97 Å². The quantitative estimate of drug-likeness (QED) is 0.510. The van der Waals surface area contributed by atoms with E-state index in [4.69, 9.17) is 4.74 Å². The van der Waals surface area contributed by atoms with Crippen LogP contribution >= 0.6 is 0 Å². The maximum Gasteiger partial charge on any atom is 0.333 e. The standard InChI is InChI=1S/C12H20O2/c1-3-8-14-12(13)10(2)9-11-6-4-5-7-11/h9,11H,3-8H2,1-2H3. The highest BCUT2D eigenvalue weighted by Gasteiger charge is 2.14. The second-order valence-corrected chi connectivity index (χ2v) is 4.03. The Morgan fingerprint density at radius 2 is 2.07 bits per heavy atom. The number of carbonyl (C=O) groups excluding carboxylic acids is 1. The monoisotopic (exact) mass is 196 g/mol. The fraction of sp³-hybridized carbons (Fsp3) is 0.750. The van der Waals surface area contributed by atoms with Gasteiger partial charge in [-0.15, -0.1) is 0 Å². The van der Waals surface area contributed by atoms with E-state index in [1.54, 1.807) is 0 Å². The van der Waals surface area contributed by atoms with E-state index >= 15 is 0 Å². The lowest BCUT2D eigenvalue weighted by Gasteiger charge is -2.06. The predicted octanol–water partition coefficient (Wildman–Crippen LogP) is 3.08. The van der Waals surface area contributed by atoms with Gasteiger partial charge in [0.1, 0.15) is 0 Å². The van der Waals surface area contributed by atoms with Gasteiger partial charge in [-0.25, -0.2) is 4.79 Å². The highest BCUT2D eigenvalue weighted by molar-refractivity contribution is 5.87. The summed E-state index contributed by atoms with van der Waals surface area (Å²) in [5, 5.41) is 0. The molecular formula is C12H20O2. The zero-order chi connectivity index (χ0) is 10.4. The molecule has 0 heterocycles. The Morgan fingerprint density at radius 3 is 2.64 bits per heavy atom. The molecule has 0 spiro atoms. The van der Waals surface area contributed by atoms with Crippen molar-refractivity contribution in [1.29, 1.82) is 0 Å². The summed E-state index contributed by atoms with van der Waals surface area (Å²) in [5.74, 6) is 0.475. The highest BCUT2D eigenvalue weighted by Crippen LogP contribution is 2.26. The van der Waals surface area contributed by atoms with Gasteiger partial charge < -0.3 is 4.74 Å². The number of carbonyl (C=O) groups is 1. The van der Waals surface area contributed by atoms with E-state index in [9.17, 15) is 4.79 Å². The van der Waals surface area contributed by atoms with Gasteiger partial charge in [-0.1, -0.05) is 25.8 Å². The van der Waals surface area contributed by atoms with Gasteiger partial charge in [0.05, 0.1) is 6.61 Å². The van der Waals surface area contributed by atoms with Crippen LogP contribution < -0.4 is 0 Å². The van der Waals surface area contributed by atoms with Crippen LogP contribution in [0, 0.1) is 5.92 Å². The summed E-state index contributed by atoms with van der Waals surface area (Å²) in [6.45, 7) is 4.40. The van der Waals surface area contributed by atoms with Gasteiger partial charge in [0.2, 0.25) is 0 Å². The molecule has 0 atom stereocenters. The summed E-state index contributed by atoms with van der Waals surface area (Å²) in [5.41, 5.74) is 0.783. The third-order valence-corrected chi connectivity index (χ3v) is 2.64. The number of esters is 1. The van der Waals surface area contributed by atoms with Gasteiger partial charge in [0.25, 0.3) is 0 Å². The van der Waals surface area contributed by atoms with E-state index in [2.05, 4.69) is 6.08 Å². The Morgan fingerprint density at radius 1 is 1.43 bits per heavy atom. The first-order valence-electron chi connectivity index (χ1n) is 5.59. The van der Waals surface area contributed by atoms with Crippen LogP contribution in [0.4, 0.5) is 0 Å². The zero-order valence-electron chi connectivity index (χ0n) is 9.21. The van der Waals surface area contributed by atoms with Gasteiger partial charge in [-0.05, 0) is 32.1 Å².